The molecule has 1 fully saturated rings. The van der Waals surface area contributed by atoms with Crippen molar-refractivity contribution in [3.63, 3.8) is 0 Å². The Labute approximate surface area is 171 Å². The summed E-state index contributed by atoms with van der Waals surface area (Å²) in [6, 6.07) is 18.0. The van der Waals surface area contributed by atoms with Crippen LogP contribution in [0.4, 0.5) is 4.39 Å². The third-order valence-corrected chi connectivity index (χ3v) is 5.49. The van der Waals surface area contributed by atoms with Crippen molar-refractivity contribution < 1.29 is 4.39 Å². The topological polar surface area (TPSA) is 47.8 Å². The van der Waals surface area contributed by atoms with Gasteiger partial charge in [0.25, 0.3) is 5.56 Å². The molecule has 2 aromatic carbocycles. The van der Waals surface area contributed by atoms with Crippen LogP contribution in [0, 0.1) is 5.95 Å². The van der Waals surface area contributed by atoms with Crippen LogP contribution >= 0.6 is 11.6 Å². The average molecular weight is 406 g/mol. The lowest BCUT2D eigenvalue weighted by molar-refractivity contribution is 0.578. The van der Waals surface area contributed by atoms with Crippen LogP contribution < -0.4 is 5.56 Å². The monoisotopic (exact) mass is 405 g/mol. The first-order valence-electron chi connectivity index (χ1n) is 9.51. The molecule has 2 heterocycles. The van der Waals surface area contributed by atoms with Gasteiger partial charge in [0.1, 0.15) is 5.69 Å². The van der Waals surface area contributed by atoms with E-state index in [4.69, 9.17) is 11.6 Å². The molecule has 0 spiro atoms. The first kappa shape index (κ1) is 18.0. The molecule has 144 valence electrons. The fourth-order valence-corrected chi connectivity index (χ4v) is 3.66. The molecule has 0 saturated heterocycles. The SMILES string of the molecule is O=c1c2ccccc2c(-c2ccc(C3CC3)nc2F)nn1Cc1ccc(Cl)cc1. The van der Waals surface area contributed by atoms with Gasteiger partial charge in [-0.25, -0.2) is 9.67 Å². The molecule has 0 amide bonds. The molecular formula is C23H17ClFN3O. The largest absolute Gasteiger partial charge is 0.274 e. The molecule has 0 bridgehead atoms. The smallest absolute Gasteiger partial charge is 0.267 e. The summed E-state index contributed by atoms with van der Waals surface area (Å²) < 4.78 is 16.3. The van der Waals surface area contributed by atoms with E-state index in [9.17, 15) is 9.18 Å². The van der Waals surface area contributed by atoms with Crippen LogP contribution in [0.5, 0.6) is 0 Å². The molecule has 1 saturated carbocycles. The molecule has 5 rings (SSSR count). The maximum Gasteiger partial charge on any atom is 0.274 e. The fourth-order valence-electron chi connectivity index (χ4n) is 3.54. The highest BCUT2D eigenvalue weighted by molar-refractivity contribution is 6.30. The molecular weight excluding hydrogens is 389 g/mol. The van der Waals surface area contributed by atoms with Gasteiger partial charge in [-0.15, -0.1) is 0 Å². The number of pyridine rings is 1. The third-order valence-electron chi connectivity index (χ3n) is 5.23. The summed E-state index contributed by atoms with van der Waals surface area (Å²) in [5.41, 5.74) is 2.16. The lowest BCUT2D eigenvalue weighted by atomic mass is 10.1. The van der Waals surface area contributed by atoms with Gasteiger partial charge in [0.05, 0.1) is 17.5 Å². The van der Waals surface area contributed by atoms with Crippen LogP contribution in [-0.2, 0) is 6.54 Å². The van der Waals surface area contributed by atoms with E-state index in [1.54, 1.807) is 36.4 Å². The van der Waals surface area contributed by atoms with Gasteiger partial charge in [-0.2, -0.15) is 9.49 Å². The predicted molar refractivity (Wildman–Crippen MR) is 112 cm³/mol. The Balaban J connectivity index is 1.67. The summed E-state index contributed by atoms with van der Waals surface area (Å²) in [6.07, 6.45) is 2.11. The summed E-state index contributed by atoms with van der Waals surface area (Å²) in [7, 11) is 0. The van der Waals surface area contributed by atoms with Crippen LogP contribution in [0.1, 0.15) is 30.0 Å². The minimum atomic E-state index is -0.552. The Hall–Kier alpha value is -3.05. The van der Waals surface area contributed by atoms with Gasteiger partial charge in [-0.3, -0.25) is 4.79 Å². The van der Waals surface area contributed by atoms with Crippen molar-refractivity contribution in [1.29, 1.82) is 0 Å². The van der Waals surface area contributed by atoms with Crippen molar-refractivity contribution in [3.8, 4) is 11.3 Å². The summed E-state index contributed by atoms with van der Waals surface area (Å²) in [5.74, 6) is -0.189. The first-order chi connectivity index (χ1) is 14.1. The third kappa shape index (κ3) is 3.42. The first-order valence-corrected chi connectivity index (χ1v) is 9.89. The Morgan fingerprint density at radius 1 is 1.00 bits per heavy atom. The number of aromatic nitrogens is 3. The normalized spacial score (nSPS) is 13.7. The molecule has 0 N–H and O–H groups in total. The van der Waals surface area contributed by atoms with E-state index in [0.29, 0.717) is 33.0 Å². The fraction of sp³-hybridized carbons (Fsp3) is 0.174. The second kappa shape index (κ2) is 7.08. The summed E-state index contributed by atoms with van der Waals surface area (Å²) >= 11 is 5.95. The molecule has 0 unspecified atom stereocenters. The molecule has 4 nitrogen and oxygen atoms in total. The Bertz CT molecular complexity index is 1280. The van der Waals surface area contributed by atoms with Crippen molar-refractivity contribution in [2.45, 2.75) is 25.3 Å². The number of hydrogen-bond donors (Lipinski definition) is 0. The van der Waals surface area contributed by atoms with Crippen molar-refractivity contribution in [2.24, 2.45) is 0 Å². The standard InChI is InChI=1S/C23H17ClFN3O/c24-16-9-5-14(6-10-16)13-28-23(29)18-4-2-1-3-17(18)21(27-28)19-11-12-20(15-7-8-15)26-22(19)25/h1-6,9-12,15H,7-8,13H2. The Morgan fingerprint density at radius 3 is 2.41 bits per heavy atom. The highest BCUT2D eigenvalue weighted by Gasteiger charge is 2.26. The zero-order valence-corrected chi connectivity index (χ0v) is 16.2. The molecule has 4 aromatic rings. The predicted octanol–water partition coefficient (Wildman–Crippen LogP) is 5.18. The van der Waals surface area contributed by atoms with Crippen LogP contribution in [0.3, 0.4) is 0 Å². The van der Waals surface area contributed by atoms with E-state index in [1.165, 1.54) is 4.68 Å². The van der Waals surface area contributed by atoms with E-state index >= 15 is 0 Å². The van der Waals surface area contributed by atoms with E-state index in [1.807, 2.05) is 24.3 Å². The zero-order valence-electron chi connectivity index (χ0n) is 15.5. The van der Waals surface area contributed by atoms with Crippen molar-refractivity contribution in [1.82, 2.24) is 14.8 Å². The Kier molecular flexibility index (Phi) is 4.40. The lowest BCUT2D eigenvalue weighted by Gasteiger charge is -2.12. The number of nitrogens with zero attached hydrogens (tertiary/aromatic N) is 3. The molecule has 1 aliphatic carbocycles. The second-order valence-electron chi connectivity index (χ2n) is 7.33. The van der Waals surface area contributed by atoms with Gasteiger partial charge < -0.3 is 0 Å². The highest BCUT2D eigenvalue weighted by Crippen LogP contribution is 2.39. The van der Waals surface area contributed by atoms with Crippen LogP contribution in [0.2, 0.25) is 5.02 Å². The summed E-state index contributed by atoms with van der Waals surface area (Å²) in [4.78, 5) is 17.1. The molecule has 2 aromatic heterocycles. The van der Waals surface area contributed by atoms with Crippen LogP contribution in [0.25, 0.3) is 22.0 Å². The number of benzene rings is 2. The quantitative estimate of drug-likeness (QED) is 0.440. The molecule has 29 heavy (non-hydrogen) atoms. The van der Waals surface area contributed by atoms with Crippen LogP contribution in [0.15, 0.2) is 65.5 Å². The highest BCUT2D eigenvalue weighted by atomic mass is 35.5. The minimum Gasteiger partial charge on any atom is -0.267 e. The maximum absolute atomic E-state index is 14.9. The molecule has 0 aliphatic heterocycles. The van der Waals surface area contributed by atoms with Gasteiger partial charge in [-0.05, 0) is 48.7 Å². The zero-order chi connectivity index (χ0) is 20.0. The number of fused-ring (bicyclic) bond motifs is 1. The average Bonchev–Trinajstić information content (AvgIpc) is 3.57. The van der Waals surface area contributed by atoms with Crippen molar-refractivity contribution >= 4 is 22.4 Å². The number of halogens is 2. The minimum absolute atomic E-state index is 0.220. The Morgan fingerprint density at radius 2 is 1.72 bits per heavy atom. The van der Waals surface area contributed by atoms with Crippen molar-refractivity contribution in [2.75, 3.05) is 0 Å². The molecule has 6 heteroatoms. The maximum atomic E-state index is 14.9. The van der Waals surface area contributed by atoms with Crippen molar-refractivity contribution in [3.05, 3.63) is 93.2 Å². The molecule has 0 radical (unpaired) electrons. The van der Waals surface area contributed by atoms with E-state index < -0.39 is 5.95 Å². The van der Waals surface area contributed by atoms with E-state index in [-0.39, 0.29) is 12.1 Å². The summed E-state index contributed by atoms with van der Waals surface area (Å²) in [5, 5.41) is 6.27. The lowest BCUT2D eigenvalue weighted by Crippen LogP contribution is -2.24. The van der Waals surface area contributed by atoms with Gasteiger partial charge in [0.2, 0.25) is 5.95 Å². The van der Waals surface area contributed by atoms with Gasteiger partial charge in [0.15, 0.2) is 0 Å². The van der Waals surface area contributed by atoms with Crippen LogP contribution in [-0.4, -0.2) is 14.8 Å². The molecule has 0 atom stereocenters. The van der Waals surface area contributed by atoms with Gasteiger partial charge in [-0.1, -0.05) is 41.9 Å². The summed E-state index contributed by atoms with van der Waals surface area (Å²) in [6.45, 7) is 0.267. The number of rotatable bonds is 4. The van der Waals surface area contributed by atoms with E-state index in [2.05, 4.69) is 10.1 Å². The molecule has 1 aliphatic rings. The van der Waals surface area contributed by atoms with E-state index in [0.717, 1.165) is 24.1 Å². The van der Waals surface area contributed by atoms with Gasteiger partial charge in [0, 0.05) is 22.0 Å². The number of hydrogen-bond acceptors (Lipinski definition) is 3. The van der Waals surface area contributed by atoms with Gasteiger partial charge >= 0.3 is 0 Å². The second-order valence-corrected chi connectivity index (χ2v) is 7.77.